The van der Waals surface area contributed by atoms with Crippen LogP contribution in [0.3, 0.4) is 0 Å². The molecule has 1 aromatic carbocycles. The third-order valence-corrected chi connectivity index (χ3v) is 5.21. The van der Waals surface area contributed by atoms with E-state index < -0.39 is 10.8 Å². The first-order chi connectivity index (χ1) is 8.11. The summed E-state index contributed by atoms with van der Waals surface area (Å²) in [7, 11) is -1.08. The van der Waals surface area contributed by atoms with E-state index in [0.29, 0.717) is 12.0 Å². The fraction of sp³-hybridized carbons (Fsp3) is 0.500. The van der Waals surface area contributed by atoms with E-state index >= 15 is 0 Å². The molecule has 0 N–H and O–H groups in total. The van der Waals surface area contributed by atoms with E-state index in [2.05, 4.69) is 0 Å². The number of hydrogen-bond donors (Lipinski definition) is 0. The van der Waals surface area contributed by atoms with Gasteiger partial charge in [-0.2, -0.15) is 0 Å². The highest BCUT2D eigenvalue weighted by molar-refractivity contribution is 7.87. The number of carbonyl (C=O) groups is 1. The summed E-state index contributed by atoms with van der Waals surface area (Å²) in [5.74, 6) is 0.00623. The van der Waals surface area contributed by atoms with Gasteiger partial charge in [0.15, 0.2) is 5.78 Å². The molecule has 3 unspecified atom stereocenters. The minimum absolute atomic E-state index is 0.00623. The number of carbonyl (C=O) groups excluding carboxylic acids is 1. The lowest BCUT2D eigenvalue weighted by molar-refractivity contribution is 0.0986. The van der Waals surface area contributed by atoms with Crippen LogP contribution in [0.25, 0.3) is 0 Å². The topological polar surface area (TPSA) is 34.1 Å². The van der Waals surface area contributed by atoms with Gasteiger partial charge in [-0.3, -0.25) is 9.00 Å². The zero-order valence-electron chi connectivity index (χ0n) is 10.7. The Kier molecular flexibility index (Phi) is 5.56. The molecule has 0 saturated carbocycles. The van der Waals surface area contributed by atoms with Gasteiger partial charge >= 0.3 is 0 Å². The lowest BCUT2D eigenvalue weighted by Gasteiger charge is -2.17. The molecule has 0 amide bonds. The Balaban J connectivity index is 2.89. The normalized spacial score (nSPS) is 16.2. The Labute approximate surface area is 106 Å². The van der Waals surface area contributed by atoms with Crippen molar-refractivity contribution in [2.45, 2.75) is 44.1 Å². The number of benzene rings is 1. The Morgan fingerprint density at radius 1 is 1.18 bits per heavy atom. The molecule has 0 fully saturated rings. The minimum atomic E-state index is -1.08. The van der Waals surface area contributed by atoms with Crippen LogP contribution < -0.4 is 0 Å². The first-order valence-corrected chi connectivity index (χ1v) is 7.38. The largest absolute Gasteiger partial charge is 0.293 e. The second kappa shape index (κ2) is 6.70. The second-order valence-corrected chi connectivity index (χ2v) is 6.21. The highest BCUT2D eigenvalue weighted by atomic mass is 32.2. The lowest BCUT2D eigenvalue weighted by Crippen LogP contribution is -2.30. The average Bonchev–Trinajstić information content (AvgIpc) is 2.39. The van der Waals surface area contributed by atoms with E-state index in [4.69, 9.17) is 0 Å². The molecule has 17 heavy (non-hydrogen) atoms. The van der Waals surface area contributed by atoms with E-state index in [-0.39, 0.29) is 16.3 Å². The molecule has 0 aliphatic rings. The molecule has 1 aromatic rings. The highest BCUT2D eigenvalue weighted by Crippen LogP contribution is 2.16. The van der Waals surface area contributed by atoms with Crippen molar-refractivity contribution in [2.24, 2.45) is 0 Å². The van der Waals surface area contributed by atoms with Crippen molar-refractivity contribution in [3.05, 3.63) is 35.9 Å². The van der Waals surface area contributed by atoms with Gasteiger partial charge in [-0.15, -0.1) is 0 Å². The average molecular weight is 252 g/mol. The van der Waals surface area contributed by atoms with Gasteiger partial charge in [0, 0.05) is 21.6 Å². The molecule has 0 aliphatic heterocycles. The molecule has 94 valence electrons. The number of Topliss-reactive ketones (excluding diaryl/α,β-unsaturated/α-hetero) is 1. The molecule has 2 nitrogen and oxygen atoms in total. The molecule has 0 aliphatic carbocycles. The Hall–Kier alpha value is -0.960. The molecule has 0 bridgehead atoms. The van der Waals surface area contributed by atoms with Crippen LogP contribution in [0.2, 0.25) is 0 Å². The van der Waals surface area contributed by atoms with E-state index in [1.54, 1.807) is 12.1 Å². The van der Waals surface area contributed by atoms with Gasteiger partial charge in [0.25, 0.3) is 0 Å². The first-order valence-electron chi connectivity index (χ1n) is 6.10. The Morgan fingerprint density at radius 3 is 2.24 bits per heavy atom. The first kappa shape index (κ1) is 14.1. The zero-order valence-corrected chi connectivity index (χ0v) is 11.5. The summed E-state index contributed by atoms with van der Waals surface area (Å²) in [5, 5.41) is -0.292. The third-order valence-electron chi connectivity index (χ3n) is 2.97. The van der Waals surface area contributed by atoms with Crippen molar-refractivity contribution in [1.29, 1.82) is 0 Å². The van der Waals surface area contributed by atoms with Crippen LogP contribution in [0.15, 0.2) is 30.3 Å². The van der Waals surface area contributed by atoms with Crippen molar-refractivity contribution in [3.63, 3.8) is 0 Å². The smallest absolute Gasteiger partial charge is 0.178 e. The van der Waals surface area contributed by atoms with Crippen LogP contribution in [0, 0.1) is 0 Å². The number of rotatable bonds is 6. The maximum atomic E-state index is 12.2. The third kappa shape index (κ3) is 3.50. The van der Waals surface area contributed by atoms with Crippen molar-refractivity contribution >= 4 is 16.6 Å². The minimum Gasteiger partial charge on any atom is -0.293 e. The quantitative estimate of drug-likeness (QED) is 0.729. The van der Waals surface area contributed by atoms with Gasteiger partial charge in [0.2, 0.25) is 0 Å². The van der Waals surface area contributed by atoms with Crippen molar-refractivity contribution in [2.75, 3.05) is 0 Å². The number of hydrogen-bond acceptors (Lipinski definition) is 2. The molecular formula is C14H20O2S. The SMILES string of the molecule is CCC(C)S(=O)C(CC)C(=O)c1ccccc1. The van der Waals surface area contributed by atoms with E-state index in [1.807, 2.05) is 39.0 Å². The molecule has 1 rings (SSSR count). The molecule has 3 atom stereocenters. The van der Waals surface area contributed by atoms with E-state index in [9.17, 15) is 9.00 Å². The van der Waals surface area contributed by atoms with Crippen LogP contribution in [0.1, 0.15) is 44.0 Å². The summed E-state index contributed by atoms with van der Waals surface area (Å²) in [6, 6.07) is 9.14. The van der Waals surface area contributed by atoms with Gasteiger partial charge in [0.05, 0.1) is 5.25 Å². The summed E-state index contributed by atoms with van der Waals surface area (Å²) in [4.78, 5) is 12.2. The Morgan fingerprint density at radius 2 is 1.76 bits per heavy atom. The van der Waals surface area contributed by atoms with Crippen LogP contribution in [-0.4, -0.2) is 20.5 Å². The fourth-order valence-electron chi connectivity index (χ4n) is 1.69. The van der Waals surface area contributed by atoms with Crippen molar-refractivity contribution < 1.29 is 9.00 Å². The van der Waals surface area contributed by atoms with Gasteiger partial charge < -0.3 is 0 Å². The molecule has 0 spiro atoms. The summed E-state index contributed by atoms with van der Waals surface area (Å²) < 4.78 is 12.2. The summed E-state index contributed by atoms with van der Waals surface area (Å²) >= 11 is 0. The predicted molar refractivity (Wildman–Crippen MR) is 72.7 cm³/mol. The lowest BCUT2D eigenvalue weighted by atomic mass is 10.1. The monoisotopic (exact) mass is 252 g/mol. The van der Waals surface area contributed by atoms with Gasteiger partial charge in [0.1, 0.15) is 0 Å². The van der Waals surface area contributed by atoms with Crippen LogP contribution in [0.5, 0.6) is 0 Å². The molecule has 3 heteroatoms. The molecule has 0 radical (unpaired) electrons. The molecule has 0 aromatic heterocycles. The van der Waals surface area contributed by atoms with Crippen LogP contribution in [-0.2, 0) is 10.8 Å². The summed E-state index contributed by atoms with van der Waals surface area (Å²) in [5.41, 5.74) is 0.663. The zero-order chi connectivity index (χ0) is 12.8. The highest BCUT2D eigenvalue weighted by Gasteiger charge is 2.27. The van der Waals surface area contributed by atoms with Gasteiger partial charge in [-0.1, -0.05) is 51.1 Å². The van der Waals surface area contributed by atoms with Gasteiger partial charge in [-0.25, -0.2) is 0 Å². The molecule has 0 heterocycles. The summed E-state index contributed by atoms with van der Waals surface area (Å²) in [6.45, 7) is 5.87. The van der Waals surface area contributed by atoms with Crippen LogP contribution >= 0.6 is 0 Å². The maximum absolute atomic E-state index is 12.2. The van der Waals surface area contributed by atoms with E-state index in [1.165, 1.54) is 0 Å². The Bertz CT molecular complexity index is 386. The molecule has 0 saturated heterocycles. The van der Waals surface area contributed by atoms with Crippen LogP contribution in [0.4, 0.5) is 0 Å². The van der Waals surface area contributed by atoms with Crippen molar-refractivity contribution in [3.8, 4) is 0 Å². The van der Waals surface area contributed by atoms with Crippen molar-refractivity contribution in [1.82, 2.24) is 0 Å². The predicted octanol–water partition coefficient (Wildman–Crippen LogP) is 3.20. The fourth-order valence-corrected chi connectivity index (χ4v) is 3.25. The molecular weight excluding hydrogens is 232 g/mol. The maximum Gasteiger partial charge on any atom is 0.178 e. The van der Waals surface area contributed by atoms with E-state index in [0.717, 1.165) is 6.42 Å². The second-order valence-electron chi connectivity index (χ2n) is 4.17. The number of ketones is 1. The summed E-state index contributed by atoms with van der Waals surface area (Å²) in [6.07, 6.45) is 1.47. The van der Waals surface area contributed by atoms with Gasteiger partial charge in [-0.05, 0) is 12.8 Å². The standard InChI is InChI=1S/C14H20O2S/c1-4-11(3)17(16)13(5-2)14(15)12-9-7-6-8-10-12/h6-11,13H,4-5H2,1-3H3.